The Morgan fingerprint density at radius 2 is 1.75 bits per heavy atom. The van der Waals surface area contributed by atoms with Gasteiger partial charge in [0.05, 0.1) is 17.7 Å². The monoisotopic (exact) mass is 346 g/mol. The Balaban J connectivity index is 1.94. The van der Waals surface area contributed by atoms with Crippen LogP contribution in [0.5, 0.6) is 5.75 Å². The van der Waals surface area contributed by atoms with Crippen molar-refractivity contribution < 1.29 is 13.2 Å². The Morgan fingerprint density at radius 3 is 2.38 bits per heavy atom. The van der Waals surface area contributed by atoms with Crippen molar-refractivity contribution in [3.8, 4) is 5.75 Å². The fourth-order valence-electron chi connectivity index (χ4n) is 1.92. The fraction of sp³-hybridized carbons (Fsp3) is 0.278. The molecule has 0 aliphatic carbocycles. The van der Waals surface area contributed by atoms with Crippen LogP contribution in [0.25, 0.3) is 0 Å². The van der Waals surface area contributed by atoms with Gasteiger partial charge in [-0.25, -0.2) is 4.83 Å². The van der Waals surface area contributed by atoms with Gasteiger partial charge in [0.1, 0.15) is 5.75 Å². The Kier molecular flexibility index (Phi) is 6.37. The van der Waals surface area contributed by atoms with Gasteiger partial charge in [0.2, 0.25) is 0 Å². The SMILES string of the molecule is CCCCOc1ccc(/C=N/NS(=O)(=O)c2ccc(C)cc2)cc1. The number of sulfonamides is 1. The third-order valence-electron chi connectivity index (χ3n) is 3.36. The van der Waals surface area contributed by atoms with Crippen LogP contribution in [0.3, 0.4) is 0 Å². The zero-order chi connectivity index (χ0) is 17.4. The maximum absolute atomic E-state index is 12.1. The third kappa shape index (κ3) is 5.38. The molecule has 0 radical (unpaired) electrons. The molecule has 0 bridgehead atoms. The maximum atomic E-state index is 12.1. The molecule has 5 nitrogen and oxygen atoms in total. The number of hydrogen-bond donors (Lipinski definition) is 1. The van der Waals surface area contributed by atoms with Crippen molar-refractivity contribution in [3.05, 3.63) is 59.7 Å². The molecule has 0 aliphatic rings. The van der Waals surface area contributed by atoms with Crippen molar-refractivity contribution in [2.75, 3.05) is 6.61 Å². The van der Waals surface area contributed by atoms with E-state index in [1.807, 2.05) is 31.2 Å². The van der Waals surface area contributed by atoms with E-state index in [-0.39, 0.29) is 4.90 Å². The fourth-order valence-corrected chi connectivity index (χ4v) is 2.72. The van der Waals surface area contributed by atoms with Gasteiger partial charge >= 0.3 is 0 Å². The van der Waals surface area contributed by atoms with Gasteiger partial charge in [-0.15, -0.1) is 0 Å². The number of aryl methyl sites for hydroxylation is 1. The first-order chi connectivity index (χ1) is 11.5. The Bertz CT molecular complexity index is 767. The molecule has 2 aromatic carbocycles. The highest BCUT2D eigenvalue weighted by atomic mass is 32.2. The van der Waals surface area contributed by atoms with Crippen LogP contribution in [0.1, 0.15) is 30.9 Å². The zero-order valence-corrected chi connectivity index (χ0v) is 14.7. The minimum atomic E-state index is -3.64. The normalized spacial score (nSPS) is 11.6. The summed E-state index contributed by atoms with van der Waals surface area (Å²) < 4.78 is 29.8. The van der Waals surface area contributed by atoms with Crippen molar-refractivity contribution in [1.82, 2.24) is 4.83 Å². The summed E-state index contributed by atoms with van der Waals surface area (Å²) in [6.07, 6.45) is 3.57. The second-order valence-corrected chi connectivity index (χ2v) is 7.10. The first-order valence-electron chi connectivity index (χ1n) is 7.85. The predicted molar refractivity (Wildman–Crippen MR) is 95.9 cm³/mol. The molecule has 0 saturated carbocycles. The first-order valence-corrected chi connectivity index (χ1v) is 9.34. The molecule has 0 saturated heterocycles. The second-order valence-electron chi connectivity index (χ2n) is 5.44. The van der Waals surface area contributed by atoms with Crippen LogP contribution in [0.15, 0.2) is 58.5 Å². The molecule has 0 fully saturated rings. The summed E-state index contributed by atoms with van der Waals surface area (Å²) in [6.45, 7) is 4.71. The first kappa shape index (κ1) is 18.0. The highest BCUT2D eigenvalue weighted by Crippen LogP contribution is 2.12. The number of rotatable bonds is 8. The number of unbranched alkanes of at least 4 members (excludes halogenated alkanes) is 1. The van der Waals surface area contributed by atoms with Crippen LogP contribution in [0.4, 0.5) is 0 Å². The second kappa shape index (κ2) is 8.49. The van der Waals surface area contributed by atoms with Crippen LogP contribution >= 0.6 is 0 Å². The van der Waals surface area contributed by atoms with Gasteiger partial charge in [-0.1, -0.05) is 31.0 Å². The van der Waals surface area contributed by atoms with Gasteiger partial charge in [-0.2, -0.15) is 13.5 Å². The van der Waals surface area contributed by atoms with E-state index in [4.69, 9.17) is 4.74 Å². The van der Waals surface area contributed by atoms with Crippen molar-refractivity contribution >= 4 is 16.2 Å². The number of nitrogens with zero attached hydrogens (tertiary/aromatic N) is 1. The van der Waals surface area contributed by atoms with Gasteiger partial charge in [0.15, 0.2) is 0 Å². The lowest BCUT2D eigenvalue weighted by atomic mass is 10.2. The van der Waals surface area contributed by atoms with Crippen molar-refractivity contribution in [2.24, 2.45) is 5.10 Å². The highest BCUT2D eigenvalue weighted by molar-refractivity contribution is 7.89. The smallest absolute Gasteiger partial charge is 0.276 e. The van der Waals surface area contributed by atoms with Crippen molar-refractivity contribution in [3.63, 3.8) is 0 Å². The van der Waals surface area contributed by atoms with E-state index < -0.39 is 10.0 Å². The molecule has 2 aromatic rings. The van der Waals surface area contributed by atoms with Gasteiger partial charge in [-0.3, -0.25) is 0 Å². The van der Waals surface area contributed by atoms with Crippen LogP contribution in [0, 0.1) is 6.92 Å². The van der Waals surface area contributed by atoms with Crippen LogP contribution in [0.2, 0.25) is 0 Å². The Morgan fingerprint density at radius 1 is 1.08 bits per heavy atom. The molecule has 0 heterocycles. The predicted octanol–water partition coefficient (Wildman–Crippen LogP) is 3.49. The molecule has 24 heavy (non-hydrogen) atoms. The van der Waals surface area contributed by atoms with E-state index in [2.05, 4.69) is 16.9 Å². The number of hydrogen-bond acceptors (Lipinski definition) is 4. The molecule has 0 atom stereocenters. The number of benzene rings is 2. The topological polar surface area (TPSA) is 67.8 Å². The zero-order valence-electron chi connectivity index (χ0n) is 13.9. The van der Waals surface area contributed by atoms with E-state index in [0.717, 1.165) is 29.7 Å². The average Bonchev–Trinajstić information content (AvgIpc) is 2.57. The number of ether oxygens (including phenoxy) is 1. The summed E-state index contributed by atoms with van der Waals surface area (Å²) in [4.78, 5) is 2.40. The number of hydrazone groups is 1. The van der Waals surface area contributed by atoms with Crippen molar-refractivity contribution in [2.45, 2.75) is 31.6 Å². The van der Waals surface area contributed by atoms with Gasteiger partial charge in [0, 0.05) is 0 Å². The molecule has 0 spiro atoms. The summed E-state index contributed by atoms with van der Waals surface area (Å²) in [6, 6.07) is 13.9. The quantitative estimate of drug-likeness (QED) is 0.452. The standard InChI is InChI=1S/C18H22N2O3S/c1-3-4-13-23-17-9-7-16(8-10-17)14-19-20-24(21,22)18-11-5-15(2)6-12-18/h5-12,14,20H,3-4,13H2,1-2H3/b19-14+. The molecule has 0 aromatic heterocycles. The summed E-state index contributed by atoms with van der Waals surface area (Å²) in [5.74, 6) is 0.792. The molecule has 1 N–H and O–H groups in total. The minimum Gasteiger partial charge on any atom is -0.494 e. The van der Waals surface area contributed by atoms with Crippen molar-refractivity contribution in [1.29, 1.82) is 0 Å². The largest absolute Gasteiger partial charge is 0.494 e. The molecule has 0 aliphatic heterocycles. The van der Waals surface area contributed by atoms with E-state index >= 15 is 0 Å². The summed E-state index contributed by atoms with van der Waals surface area (Å²) in [5, 5.41) is 3.81. The molecule has 128 valence electrons. The van der Waals surface area contributed by atoms with E-state index in [0.29, 0.717) is 6.61 Å². The van der Waals surface area contributed by atoms with Gasteiger partial charge < -0.3 is 4.74 Å². The van der Waals surface area contributed by atoms with Gasteiger partial charge in [-0.05, 0) is 55.3 Å². The molecule has 2 rings (SSSR count). The van der Waals surface area contributed by atoms with Crippen LogP contribution in [-0.4, -0.2) is 21.2 Å². The third-order valence-corrected chi connectivity index (χ3v) is 4.60. The molecular weight excluding hydrogens is 324 g/mol. The minimum absolute atomic E-state index is 0.185. The Hall–Kier alpha value is -2.34. The highest BCUT2D eigenvalue weighted by Gasteiger charge is 2.11. The van der Waals surface area contributed by atoms with Gasteiger partial charge in [0.25, 0.3) is 10.0 Å². The van der Waals surface area contributed by atoms with E-state index in [9.17, 15) is 8.42 Å². The van der Waals surface area contributed by atoms with E-state index in [1.165, 1.54) is 6.21 Å². The molecule has 0 unspecified atom stereocenters. The average molecular weight is 346 g/mol. The van der Waals surface area contributed by atoms with E-state index in [1.54, 1.807) is 24.3 Å². The Labute approximate surface area is 143 Å². The molecule has 6 heteroatoms. The summed E-state index contributed by atoms with van der Waals surface area (Å²) >= 11 is 0. The molecular formula is C18H22N2O3S. The van der Waals surface area contributed by atoms with Crippen LogP contribution in [-0.2, 0) is 10.0 Å². The van der Waals surface area contributed by atoms with Crippen LogP contribution < -0.4 is 9.57 Å². The summed E-state index contributed by atoms with van der Waals surface area (Å²) in [5.41, 5.74) is 1.78. The lowest BCUT2D eigenvalue weighted by Crippen LogP contribution is -2.18. The lowest BCUT2D eigenvalue weighted by Gasteiger charge is -2.05. The number of nitrogens with one attached hydrogen (secondary N) is 1. The lowest BCUT2D eigenvalue weighted by molar-refractivity contribution is 0.309. The maximum Gasteiger partial charge on any atom is 0.276 e. The molecule has 0 amide bonds. The summed E-state index contributed by atoms with van der Waals surface area (Å²) in [7, 11) is -3.64.